The molecule has 4 N–H and O–H groups in total. The average Bonchev–Trinajstić information content (AvgIpc) is 2.95. The lowest BCUT2D eigenvalue weighted by atomic mass is 10.3. The van der Waals surface area contributed by atoms with Gasteiger partial charge in [-0.25, -0.2) is 13.1 Å². The van der Waals surface area contributed by atoms with Crippen LogP contribution in [0.2, 0.25) is 5.02 Å². The van der Waals surface area contributed by atoms with Gasteiger partial charge in [0.25, 0.3) is 0 Å². The molecule has 0 aliphatic heterocycles. The minimum atomic E-state index is -3.95. The molecular formula is C17H15Br2ClN4O2S. The molecule has 0 amide bonds. The number of aromatic nitrogens is 2. The molecule has 0 unspecified atom stereocenters. The number of nitrogen functional groups attached to an aromatic ring is 2. The molecule has 27 heavy (non-hydrogen) atoms. The van der Waals surface area contributed by atoms with Gasteiger partial charge in [0.2, 0.25) is 9.84 Å². The maximum absolute atomic E-state index is 13.4. The van der Waals surface area contributed by atoms with E-state index in [1.165, 1.54) is 16.8 Å². The van der Waals surface area contributed by atoms with Crippen molar-refractivity contribution < 1.29 is 8.42 Å². The molecule has 0 aliphatic rings. The highest BCUT2D eigenvalue weighted by Gasteiger charge is 2.31. The third-order valence-corrected chi connectivity index (χ3v) is 7.68. The zero-order valence-electron chi connectivity index (χ0n) is 14.1. The fourth-order valence-electron chi connectivity index (χ4n) is 2.65. The summed E-state index contributed by atoms with van der Waals surface area (Å²) in [6.07, 6.45) is 0.389. The number of sulfone groups is 1. The number of halogens is 3. The van der Waals surface area contributed by atoms with Gasteiger partial charge in [-0.15, -0.1) is 0 Å². The van der Waals surface area contributed by atoms with E-state index in [2.05, 4.69) is 37.0 Å². The summed E-state index contributed by atoms with van der Waals surface area (Å²) in [7, 11) is -3.95. The van der Waals surface area contributed by atoms with Gasteiger partial charge in [0.05, 0.1) is 16.3 Å². The minimum Gasteiger partial charge on any atom is -0.398 e. The molecule has 0 bridgehead atoms. The second-order valence-electron chi connectivity index (χ2n) is 5.71. The van der Waals surface area contributed by atoms with E-state index < -0.39 is 9.84 Å². The number of hydrogen-bond donors (Lipinski definition) is 2. The van der Waals surface area contributed by atoms with Gasteiger partial charge in [-0.3, -0.25) is 0 Å². The van der Waals surface area contributed by atoms with Gasteiger partial charge in [-0.1, -0.05) is 24.6 Å². The molecule has 142 valence electrons. The zero-order valence-corrected chi connectivity index (χ0v) is 18.8. The second kappa shape index (κ2) is 7.46. The van der Waals surface area contributed by atoms with Gasteiger partial charge in [-0.2, -0.15) is 5.10 Å². The van der Waals surface area contributed by atoms with Gasteiger partial charge in [0.1, 0.15) is 10.7 Å². The van der Waals surface area contributed by atoms with Crippen molar-refractivity contribution in [2.45, 2.75) is 23.1 Å². The van der Waals surface area contributed by atoms with Gasteiger partial charge in [0, 0.05) is 19.7 Å². The van der Waals surface area contributed by atoms with E-state index in [0.717, 1.165) is 0 Å². The van der Waals surface area contributed by atoms with Crippen molar-refractivity contribution in [3.63, 3.8) is 0 Å². The van der Waals surface area contributed by atoms with E-state index in [0.29, 0.717) is 37.5 Å². The molecule has 6 nitrogen and oxygen atoms in total. The molecule has 1 heterocycles. The molecule has 0 saturated heterocycles. The van der Waals surface area contributed by atoms with E-state index in [4.69, 9.17) is 23.1 Å². The molecule has 3 aromatic rings. The summed E-state index contributed by atoms with van der Waals surface area (Å²) in [5, 5.41) is 4.90. The Morgan fingerprint density at radius 2 is 1.85 bits per heavy atom. The fourth-order valence-corrected chi connectivity index (χ4v) is 6.00. The van der Waals surface area contributed by atoms with Crippen molar-refractivity contribution in [2.24, 2.45) is 0 Å². The third kappa shape index (κ3) is 3.61. The topological polar surface area (TPSA) is 104 Å². The summed E-state index contributed by atoms with van der Waals surface area (Å²) in [6.45, 7) is 1.82. The van der Waals surface area contributed by atoms with Crippen LogP contribution in [0.3, 0.4) is 0 Å². The fraction of sp³-hybridized carbons (Fsp3) is 0.118. The first-order valence-corrected chi connectivity index (χ1v) is 11.2. The van der Waals surface area contributed by atoms with Gasteiger partial charge in [0.15, 0.2) is 0 Å². The number of nitrogens with zero attached hydrogens (tertiary/aromatic N) is 2. The van der Waals surface area contributed by atoms with Crippen LogP contribution >= 0.6 is 43.5 Å². The molecule has 1 aromatic heterocycles. The highest BCUT2D eigenvalue weighted by atomic mass is 79.9. The van der Waals surface area contributed by atoms with Crippen molar-refractivity contribution >= 4 is 64.8 Å². The second-order valence-corrected chi connectivity index (χ2v) is 9.71. The molecule has 10 heteroatoms. The lowest BCUT2D eigenvalue weighted by Gasteiger charge is -2.10. The largest absolute Gasteiger partial charge is 0.398 e. The Morgan fingerprint density at radius 3 is 2.48 bits per heavy atom. The Hall–Kier alpha value is -1.55. The van der Waals surface area contributed by atoms with Crippen molar-refractivity contribution in [3.8, 4) is 5.69 Å². The standard InChI is InChI=1S/C17H15Br2ClN4O2S/c1-2-14-16(17(22)24(23-14)10-5-3-4-9(20)6-10)27(25,26)15-8-11(18)13(21)7-12(15)19/h3-8H,2,21-22H2,1H3. The quantitative estimate of drug-likeness (QED) is 0.476. The van der Waals surface area contributed by atoms with Crippen molar-refractivity contribution in [1.29, 1.82) is 0 Å². The van der Waals surface area contributed by atoms with Gasteiger partial charge < -0.3 is 11.5 Å². The number of anilines is 2. The third-order valence-electron chi connectivity index (χ3n) is 3.94. The zero-order chi connectivity index (χ0) is 19.9. The molecule has 0 fully saturated rings. The molecule has 0 saturated carbocycles. The van der Waals surface area contributed by atoms with E-state index in [1.54, 1.807) is 24.3 Å². The lowest BCUT2D eigenvalue weighted by Crippen LogP contribution is -2.09. The normalized spacial score (nSPS) is 11.7. The van der Waals surface area contributed by atoms with Crippen LogP contribution in [0.4, 0.5) is 11.5 Å². The van der Waals surface area contributed by atoms with Gasteiger partial charge in [-0.05, 0) is 68.6 Å². The highest BCUT2D eigenvalue weighted by molar-refractivity contribution is 9.11. The summed E-state index contributed by atoms with van der Waals surface area (Å²) < 4.78 is 29.0. The Morgan fingerprint density at radius 1 is 1.15 bits per heavy atom. The van der Waals surface area contributed by atoms with E-state index in [-0.39, 0.29) is 15.6 Å². The smallest absolute Gasteiger partial charge is 0.213 e. The summed E-state index contributed by atoms with van der Waals surface area (Å²) in [5.41, 5.74) is 13.4. The number of benzene rings is 2. The van der Waals surface area contributed by atoms with Crippen LogP contribution in [0.15, 0.2) is 55.1 Å². The Labute approximate surface area is 178 Å². The first kappa shape index (κ1) is 20.2. The lowest BCUT2D eigenvalue weighted by molar-refractivity contribution is 0.595. The van der Waals surface area contributed by atoms with Crippen molar-refractivity contribution in [3.05, 3.63) is 56.1 Å². The molecule has 0 atom stereocenters. The summed E-state index contributed by atoms with van der Waals surface area (Å²) in [4.78, 5) is 0.0259. The average molecular weight is 535 g/mol. The van der Waals surface area contributed by atoms with Crippen LogP contribution < -0.4 is 11.5 Å². The van der Waals surface area contributed by atoms with Crippen LogP contribution in [0.1, 0.15) is 12.6 Å². The van der Waals surface area contributed by atoms with E-state index >= 15 is 0 Å². The predicted molar refractivity (Wildman–Crippen MR) is 114 cm³/mol. The van der Waals surface area contributed by atoms with Crippen molar-refractivity contribution in [2.75, 3.05) is 11.5 Å². The maximum atomic E-state index is 13.4. The molecular weight excluding hydrogens is 520 g/mol. The molecule has 3 rings (SSSR count). The number of nitrogens with two attached hydrogens (primary N) is 2. The van der Waals surface area contributed by atoms with Gasteiger partial charge >= 0.3 is 0 Å². The predicted octanol–water partition coefficient (Wildman–Crippen LogP) is 4.61. The first-order chi connectivity index (χ1) is 12.7. The van der Waals surface area contributed by atoms with E-state index in [9.17, 15) is 8.42 Å². The Kier molecular flexibility index (Phi) is 5.58. The van der Waals surface area contributed by atoms with Crippen LogP contribution in [0.25, 0.3) is 5.69 Å². The first-order valence-electron chi connectivity index (χ1n) is 7.79. The monoisotopic (exact) mass is 532 g/mol. The summed E-state index contributed by atoms with van der Waals surface area (Å²) in [5.74, 6) is 0.0222. The van der Waals surface area contributed by atoms with Crippen LogP contribution in [0.5, 0.6) is 0 Å². The van der Waals surface area contributed by atoms with E-state index in [1.807, 2.05) is 6.92 Å². The Bertz CT molecular complexity index is 1150. The molecule has 0 radical (unpaired) electrons. The van der Waals surface area contributed by atoms with Crippen LogP contribution in [-0.4, -0.2) is 18.2 Å². The summed E-state index contributed by atoms with van der Waals surface area (Å²) >= 11 is 12.6. The van der Waals surface area contributed by atoms with Crippen LogP contribution in [-0.2, 0) is 16.3 Å². The molecule has 0 aliphatic carbocycles. The number of hydrogen-bond acceptors (Lipinski definition) is 5. The highest BCUT2D eigenvalue weighted by Crippen LogP contribution is 2.37. The number of rotatable bonds is 4. The molecule has 0 spiro atoms. The van der Waals surface area contributed by atoms with Crippen LogP contribution in [0, 0.1) is 0 Å². The number of aryl methyl sites for hydroxylation is 1. The minimum absolute atomic E-state index is 0.0222. The summed E-state index contributed by atoms with van der Waals surface area (Å²) in [6, 6.07) is 9.85. The maximum Gasteiger partial charge on any atom is 0.213 e. The SMILES string of the molecule is CCc1nn(-c2cccc(Cl)c2)c(N)c1S(=O)(=O)c1cc(Br)c(N)cc1Br. The van der Waals surface area contributed by atoms with Crippen molar-refractivity contribution in [1.82, 2.24) is 9.78 Å². The Balaban J connectivity index is 2.27. The molecule has 2 aromatic carbocycles.